The van der Waals surface area contributed by atoms with Gasteiger partial charge in [0.2, 0.25) is 0 Å². The minimum Gasteiger partial charge on any atom is -0.468 e. The fourth-order valence-corrected chi connectivity index (χ4v) is 3.44. The number of hydrogen-bond donors (Lipinski definition) is 1. The zero-order valence-corrected chi connectivity index (χ0v) is 17.1. The molecule has 1 N–H and O–H groups in total. The number of rotatable bonds is 7. The van der Waals surface area contributed by atoms with Gasteiger partial charge in [0.15, 0.2) is 5.82 Å². The van der Waals surface area contributed by atoms with Crippen LogP contribution in [0, 0.1) is 18.3 Å². The van der Waals surface area contributed by atoms with Crippen molar-refractivity contribution < 1.29 is 4.42 Å². The summed E-state index contributed by atoms with van der Waals surface area (Å²) < 4.78 is 8.23. The molecule has 2 aromatic heterocycles. The maximum atomic E-state index is 9.14. The first kappa shape index (κ1) is 19.3. The number of tetrazole rings is 1. The van der Waals surface area contributed by atoms with Crippen LogP contribution < -0.4 is 5.32 Å². The minimum atomic E-state index is -0.262. The molecule has 8 heteroatoms. The van der Waals surface area contributed by atoms with Gasteiger partial charge >= 0.3 is 0 Å². The standard InChI is InChI=1S/C19H21BrN6O/c1-4-13(3)26-19(23-24-25-26)18(22-10-15-7-12(2)11-27-15)16-6-5-14(9-21)8-17(16)20/h5-8,11,13,18,22H,4,10H2,1-3H3. The molecule has 7 nitrogen and oxygen atoms in total. The van der Waals surface area contributed by atoms with Gasteiger partial charge in [-0.05, 0) is 60.0 Å². The Bertz CT molecular complexity index is 957. The third kappa shape index (κ3) is 4.26. The topological polar surface area (TPSA) is 92.6 Å². The molecule has 2 unspecified atom stereocenters. The number of aryl methyl sites for hydroxylation is 1. The molecule has 1 aromatic carbocycles. The molecular weight excluding hydrogens is 408 g/mol. The van der Waals surface area contributed by atoms with Gasteiger partial charge in [-0.3, -0.25) is 5.32 Å². The number of hydrogen-bond acceptors (Lipinski definition) is 6. The number of nitrogens with zero attached hydrogens (tertiary/aromatic N) is 5. The van der Waals surface area contributed by atoms with Gasteiger partial charge in [0.1, 0.15) is 5.76 Å². The Labute approximate surface area is 166 Å². The number of halogens is 1. The third-order valence-electron chi connectivity index (χ3n) is 4.49. The summed E-state index contributed by atoms with van der Waals surface area (Å²) in [5.41, 5.74) is 2.62. The Morgan fingerprint density at radius 1 is 1.37 bits per heavy atom. The molecule has 2 atom stereocenters. The third-order valence-corrected chi connectivity index (χ3v) is 5.18. The average Bonchev–Trinajstić information content (AvgIpc) is 3.31. The highest BCUT2D eigenvalue weighted by molar-refractivity contribution is 9.10. The summed E-state index contributed by atoms with van der Waals surface area (Å²) in [6, 6.07) is 9.58. The highest BCUT2D eigenvalue weighted by Gasteiger charge is 2.25. The largest absolute Gasteiger partial charge is 0.468 e. The smallest absolute Gasteiger partial charge is 0.173 e. The van der Waals surface area contributed by atoms with Crippen molar-refractivity contribution in [1.82, 2.24) is 25.5 Å². The van der Waals surface area contributed by atoms with E-state index < -0.39 is 0 Å². The fraction of sp³-hybridized carbons (Fsp3) is 0.368. The van der Waals surface area contributed by atoms with Crippen LogP contribution in [-0.2, 0) is 6.54 Å². The fourth-order valence-electron chi connectivity index (χ4n) is 2.83. The van der Waals surface area contributed by atoms with E-state index in [9.17, 15) is 0 Å². The molecule has 0 saturated heterocycles. The number of aromatic nitrogens is 4. The van der Waals surface area contributed by atoms with E-state index in [-0.39, 0.29) is 12.1 Å². The van der Waals surface area contributed by atoms with Crippen molar-refractivity contribution in [2.24, 2.45) is 0 Å². The van der Waals surface area contributed by atoms with Crippen LogP contribution in [0.15, 0.2) is 39.4 Å². The van der Waals surface area contributed by atoms with Gasteiger partial charge < -0.3 is 4.42 Å². The summed E-state index contributed by atoms with van der Waals surface area (Å²) in [6.07, 6.45) is 2.64. The summed E-state index contributed by atoms with van der Waals surface area (Å²) in [5.74, 6) is 1.56. The summed E-state index contributed by atoms with van der Waals surface area (Å²) in [4.78, 5) is 0. The number of furan rings is 1. The second kappa shape index (κ2) is 8.46. The molecular formula is C19H21BrN6O. The predicted octanol–water partition coefficient (Wildman–Crippen LogP) is 4.06. The molecule has 0 bridgehead atoms. The van der Waals surface area contributed by atoms with Crippen molar-refractivity contribution in [2.75, 3.05) is 0 Å². The Hall–Kier alpha value is -2.50. The zero-order chi connectivity index (χ0) is 19.4. The highest BCUT2D eigenvalue weighted by atomic mass is 79.9. The van der Waals surface area contributed by atoms with E-state index in [2.05, 4.69) is 56.7 Å². The Morgan fingerprint density at radius 3 is 2.81 bits per heavy atom. The van der Waals surface area contributed by atoms with E-state index in [0.29, 0.717) is 12.1 Å². The first-order valence-corrected chi connectivity index (χ1v) is 9.57. The molecule has 0 saturated carbocycles. The van der Waals surface area contributed by atoms with E-state index in [1.165, 1.54) is 0 Å². The van der Waals surface area contributed by atoms with Crippen LogP contribution in [0.3, 0.4) is 0 Å². The van der Waals surface area contributed by atoms with Gasteiger partial charge in [-0.25, -0.2) is 4.68 Å². The second-order valence-electron chi connectivity index (χ2n) is 6.49. The lowest BCUT2D eigenvalue weighted by Crippen LogP contribution is -2.27. The van der Waals surface area contributed by atoms with Gasteiger partial charge in [-0.2, -0.15) is 5.26 Å². The van der Waals surface area contributed by atoms with Crippen LogP contribution in [0.25, 0.3) is 0 Å². The minimum absolute atomic E-state index is 0.169. The predicted molar refractivity (Wildman–Crippen MR) is 104 cm³/mol. The maximum Gasteiger partial charge on any atom is 0.173 e. The first-order valence-electron chi connectivity index (χ1n) is 8.78. The number of nitrogens with one attached hydrogen (secondary N) is 1. The molecule has 0 fully saturated rings. The Balaban J connectivity index is 1.99. The van der Waals surface area contributed by atoms with Crippen molar-refractivity contribution in [1.29, 1.82) is 5.26 Å². The highest BCUT2D eigenvalue weighted by Crippen LogP contribution is 2.30. The van der Waals surface area contributed by atoms with Crippen LogP contribution in [0.4, 0.5) is 0 Å². The first-order chi connectivity index (χ1) is 13.0. The second-order valence-corrected chi connectivity index (χ2v) is 7.35. The SMILES string of the molecule is CCC(C)n1nnnc1C(NCc1cc(C)co1)c1ccc(C#N)cc1Br. The molecule has 0 aliphatic heterocycles. The van der Waals surface area contributed by atoms with Crippen molar-refractivity contribution in [3.8, 4) is 6.07 Å². The molecule has 140 valence electrons. The molecule has 0 radical (unpaired) electrons. The molecule has 0 aliphatic carbocycles. The normalized spacial score (nSPS) is 13.3. The average molecular weight is 429 g/mol. The van der Waals surface area contributed by atoms with Gasteiger partial charge in [-0.15, -0.1) is 5.10 Å². The van der Waals surface area contributed by atoms with Gasteiger partial charge in [0, 0.05) is 4.47 Å². The van der Waals surface area contributed by atoms with Crippen molar-refractivity contribution in [2.45, 2.75) is 45.8 Å². The Kier molecular flexibility index (Phi) is 6.04. The maximum absolute atomic E-state index is 9.14. The summed E-state index contributed by atoms with van der Waals surface area (Å²) in [5, 5.41) is 25.0. The lowest BCUT2D eigenvalue weighted by atomic mass is 10.0. The van der Waals surface area contributed by atoms with Crippen molar-refractivity contribution in [3.63, 3.8) is 0 Å². The molecule has 3 rings (SSSR count). The zero-order valence-electron chi connectivity index (χ0n) is 15.5. The molecule has 2 heterocycles. The van der Waals surface area contributed by atoms with E-state index in [4.69, 9.17) is 9.68 Å². The monoisotopic (exact) mass is 428 g/mol. The van der Waals surface area contributed by atoms with E-state index in [0.717, 1.165) is 33.6 Å². The lowest BCUT2D eigenvalue weighted by Gasteiger charge is -2.21. The van der Waals surface area contributed by atoms with E-state index in [1.54, 1.807) is 18.4 Å². The van der Waals surface area contributed by atoms with Gasteiger partial charge in [-0.1, -0.05) is 28.9 Å². The molecule has 0 amide bonds. The van der Waals surface area contributed by atoms with Gasteiger partial charge in [0.05, 0.1) is 36.5 Å². The molecule has 0 spiro atoms. The van der Waals surface area contributed by atoms with Crippen molar-refractivity contribution in [3.05, 3.63) is 63.3 Å². The van der Waals surface area contributed by atoms with E-state index in [1.807, 2.05) is 23.7 Å². The summed E-state index contributed by atoms with van der Waals surface area (Å²) in [6.45, 7) is 6.70. The summed E-state index contributed by atoms with van der Waals surface area (Å²) >= 11 is 3.59. The van der Waals surface area contributed by atoms with E-state index >= 15 is 0 Å². The Morgan fingerprint density at radius 2 is 2.19 bits per heavy atom. The summed E-state index contributed by atoms with van der Waals surface area (Å²) in [7, 11) is 0. The van der Waals surface area contributed by atoms with Crippen LogP contribution in [0.5, 0.6) is 0 Å². The van der Waals surface area contributed by atoms with Crippen LogP contribution in [0.1, 0.15) is 60.6 Å². The number of benzene rings is 1. The lowest BCUT2D eigenvalue weighted by molar-refractivity contribution is 0.413. The number of nitriles is 1. The molecule has 0 aliphatic rings. The molecule has 27 heavy (non-hydrogen) atoms. The van der Waals surface area contributed by atoms with Gasteiger partial charge in [0.25, 0.3) is 0 Å². The van der Waals surface area contributed by atoms with Crippen LogP contribution in [0.2, 0.25) is 0 Å². The quantitative estimate of drug-likeness (QED) is 0.609. The van der Waals surface area contributed by atoms with Crippen LogP contribution >= 0.6 is 15.9 Å². The van der Waals surface area contributed by atoms with Crippen molar-refractivity contribution >= 4 is 15.9 Å². The molecule has 3 aromatic rings. The van der Waals surface area contributed by atoms with Crippen LogP contribution in [-0.4, -0.2) is 20.2 Å².